The van der Waals surface area contributed by atoms with Crippen LogP contribution in [0.2, 0.25) is 0 Å². The Labute approximate surface area is 108 Å². The minimum Gasteiger partial charge on any atom is -0.454 e. The molecular formula is C14H11F3O2. The van der Waals surface area contributed by atoms with Gasteiger partial charge < -0.3 is 9.84 Å². The van der Waals surface area contributed by atoms with Crippen LogP contribution in [0.5, 0.6) is 11.5 Å². The smallest absolute Gasteiger partial charge is 0.168 e. The number of aliphatic hydroxyl groups excluding tert-OH is 1. The minimum atomic E-state index is -0.978. The second-order valence-corrected chi connectivity index (χ2v) is 4.03. The van der Waals surface area contributed by atoms with Gasteiger partial charge in [-0.1, -0.05) is 0 Å². The van der Waals surface area contributed by atoms with Crippen LogP contribution in [0.25, 0.3) is 0 Å². The topological polar surface area (TPSA) is 29.5 Å². The largest absolute Gasteiger partial charge is 0.454 e. The molecule has 0 bridgehead atoms. The van der Waals surface area contributed by atoms with Crippen LogP contribution in [-0.4, -0.2) is 5.11 Å². The summed E-state index contributed by atoms with van der Waals surface area (Å²) in [6.45, 7) is 1.43. The summed E-state index contributed by atoms with van der Waals surface area (Å²) in [6.07, 6.45) is -0.978. The number of aliphatic hydroxyl groups is 1. The van der Waals surface area contributed by atoms with Gasteiger partial charge in [0.05, 0.1) is 6.10 Å². The first-order valence-electron chi connectivity index (χ1n) is 5.58. The van der Waals surface area contributed by atoms with E-state index in [1.165, 1.54) is 13.0 Å². The molecule has 0 aliphatic heterocycles. The number of rotatable bonds is 3. The number of hydrogen-bond donors (Lipinski definition) is 1. The number of ether oxygens (including phenoxy) is 1. The highest BCUT2D eigenvalue weighted by molar-refractivity contribution is 5.39. The molecule has 2 rings (SSSR count). The lowest BCUT2D eigenvalue weighted by Crippen LogP contribution is -1.98. The third-order valence-electron chi connectivity index (χ3n) is 2.54. The number of benzene rings is 2. The SMILES string of the molecule is C[C@H](O)c1cc(F)ccc1Oc1ccc(F)cc1F. The highest BCUT2D eigenvalue weighted by Gasteiger charge is 2.13. The molecule has 0 spiro atoms. The van der Waals surface area contributed by atoms with Crippen molar-refractivity contribution in [3.8, 4) is 11.5 Å². The van der Waals surface area contributed by atoms with Crippen molar-refractivity contribution in [2.24, 2.45) is 0 Å². The van der Waals surface area contributed by atoms with E-state index >= 15 is 0 Å². The maximum absolute atomic E-state index is 13.4. The fraction of sp³-hybridized carbons (Fsp3) is 0.143. The molecule has 0 amide bonds. The summed E-state index contributed by atoms with van der Waals surface area (Å²) in [5, 5.41) is 9.52. The van der Waals surface area contributed by atoms with Gasteiger partial charge in [0, 0.05) is 11.6 Å². The fourth-order valence-corrected chi connectivity index (χ4v) is 1.62. The van der Waals surface area contributed by atoms with Gasteiger partial charge in [0.25, 0.3) is 0 Å². The van der Waals surface area contributed by atoms with E-state index in [0.29, 0.717) is 6.07 Å². The molecule has 0 heterocycles. The van der Waals surface area contributed by atoms with Gasteiger partial charge in [-0.15, -0.1) is 0 Å². The Morgan fingerprint density at radius 3 is 2.11 bits per heavy atom. The zero-order valence-corrected chi connectivity index (χ0v) is 10.0. The van der Waals surface area contributed by atoms with Crippen LogP contribution in [0.15, 0.2) is 36.4 Å². The molecule has 0 saturated heterocycles. The standard InChI is InChI=1S/C14H11F3O2/c1-8(18)11-6-9(15)2-4-13(11)19-14-5-3-10(16)7-12(14)17/h2-8,18H,1H3/t8-/m0/s1. The fourth-order valence-electron chi connectivity index (χ4n) is 1.62. The highest BCUT2D eigenvalue weighted by Crippen LogP contribution is 2.31. The van der Waals surface area contributed by atoms with E-state index in [1.807, 2.05) is 0 Å². The van der Waals surface area contributed by atoms with E-state index in [0.717, 1.165) is 24.3 Å². The van der Waals surface area contributed by atoms with Gasteiger partial charge in [0.15, 0.2) is 11.6 Å². The average Bonchev–Trinajstić information content (AvgIpc) is 2.34. The Kier molecular flexibility index (Phi) is 3.76. The summed E-state index contributed by atoms with van der Waals surface area (Å²) < 4.78 is 44.5. The van der Waals surface area contributed by atoms with Crippen molar-refractivity contribution in [1.82, 2.24) is 0 Å². The van der Waals surface area contributed by atoms with Crippen molar-refractivity contribution >= 4 is 0 Å². The second-order valence-electron chi connectivity index (χ2n) is 4.03. The Bertz CT molecular complexity index is 597. The summed E-state index contributed by atoms with van der Waals surface area (Å²) in [6, 6.07) is 6.36. The lowest BCUT2D eigenvalue weighted by Gasteiger charge is -2.13. The molecule has 0 aromatic heterocycles. The maximum atomic E-state index is 13.4. The van der Waals surface area contributed by atoms with Crippen molar-refractivity contribution in [3.63, 3.8) is 0 Å². The summed E-state index contributed by atoms with van der Waals surface area (Å²) in [7, 11) is 0. The zero-order valence-electron chi connectivity index (χ0n) is 10.0. The van der Waals surface area contributed by atoms with E-state index in [1.54, 1.807) is 0 Å². The van der Waals surface area contributed by atoms with E-state index in [-0.39, 0.29) is 17.1 Å². The molecule has 0 saturated carbocycles. The number of halogens is 3. The van der Waals surface area contributed by atoms with Crippen molar-refractivity contribution < 1.29 is 23.0 Å². The van der Waals surface area contributed by atoms with Crippen molar-refractivity contribution in [2.75, 3.05) is 0 Å². The molecule has 0 fully saturated rings. The molecule has 100 valence electrons. The predicted molar refractivity (Wildman–Crippen MR) is 63.5 cm³/mol. The summed E-state index contributed by atoms with van der Waals surface area (Å²) in [4.78, 5) is 0. The van der Waals surface area contributed by atoms with Gasteiger partial charge in [-0.3, -0.25) is 0 Å². The van der Waals surface area contributed by atoms with Gasteiger partial charge in [0.2, 0.25) is 0 Å². The first kappa shape index (κ1) is 13.4. The summed E-state index contributed by atoms with van der Waals surface area (Å²) in [5.41, 5.74) is 0.184. The molecule has 1 atom stereocenters. The first-order valence-corrected chi connectivity index (χ1v) is 5.58. The molecule has 0 aliphatic rings. The van der Waals surface area contributed by atoms with Crippen molar-refractivity contribution in [3.05, 3.63) is 59.4 Å². The normalized spacial score (nSPS) is 12.3. The summed E-state index contributed by atoms with van der Waals surface area (Å²) >= 11 is 0. The third-order valence-corrected chi connectivity index (χ3v) is 2.54. The van der Waals surface area contributed by atoms with Crippen LogP contribution in [0.1, 0.15) is 18.6 Å². The molecular weight excluding hydrogens is 257 g/mol. The van der Waals surface area contributed by atoms with Crippen LogP contribution < -0.4 is 4.74 Å². The van der Waals surface area contributed by atoms with E-state index in [2.05, 4.69) is 0 Å². The highest BCUT2D eigenvalue weighted by atomic mass is 19.1. The molecule has 2 aromatic carbocycles. The molecule has 2 aromatic rings. The van der Waals surface area contributed by atoms with E-state index < -0.39 is 23.6 Å². The Balaban J connectivity index is 2.38. The predicted octanol–water partition coefficient (Wildman–Crippen LogP) is 3.95. The molecule has 5 heteroatoms. The van der Waals surface area contributed by atoms with Crippen LogP contribution in [0, 0.1) is 17.5 Å². The lowest BCUT2D eigenvalue weighted by atomic mass is 10.1. The zero-order chi connectivity index (χ0) is 14.0. The monoisotopic (exact) mass is 268 g/mol. The van der Waals surface area contributed by atoms with Crippen LogP contribution in [-0.2, 0) is 0 Å². The first-order chi connectivity index (χ1) is 8.97. The Morgan fingerprint density at radius 1 is 0.947 bits per heavy atom. The molecule has 0 radical (unpaired) electrons. The summed E-state index contributed by atoms with van der Waals surface area (Å²) in [5.74, 6) is -2.22. The van der Waals surface area contributed by atoms with Crippen LogP contribution in [0.4, 0.5) is 13.2 Å². The van der Waals surface area contributed by atoms with Gasteiger partial charge in [0.1, 0.15) is 17.4 Å². The Morgan fingerprint density at radius 2 is 1.53 bits per heavy atom. The van der Waals surface area contributed by atoms with Gasteiger partial charge in [-0.2, -0.15) is 0 Å². The average molecular weight is 268 g/mol. The molecule has 19 heavy (non-hydrogen) atoms. The van der Waals surface area contributed by atoms with Crippen LogP contribution in [0.3, 0.4) is 0 Å². The number of hydrogen-bond acceptors (Lipinski definition) is 2. The van der Waals surface area contributed by atoms with Crippen molar-refractivity contribution in [1.29, 1.82) is 0 Å². The second kappa shape index (κ2) is 5.32. The lowest BCUT2D eigenvalue weighted by molar-refractivity contribution is 0.195. The van der Waals surface area contributed by atoms with Crippen molar-refractivity contribution in [2.45, 2.75) is 13.0 Å². The third kappa shape index (κ3) is 3.06. The minimum absolute atomic E-state index is 0.113. The van der Waals surface area contributed by atoms with Gasteiger partial charge >= 0.3 is 0 Å². The maximum Gasteiger partial charge on any atom is 0.168 e. The van der Waals surface area contributed by atoms with Gasteiger partial charge in [-0.05, 0) is 37.3 Å². The van der Waals surface area contributed by atoms with Gasteiger partial charge in [-0.25, -0.2) is 13.2 Å². The van der Waals surface area contributed by atoms with Crippen LogP contribution >= 0.6 is 0 Å². The molecule has 0 unspecified atom stereocenters. The Hall–Kier alpha value is -2.01. The molecule has 1 N–H and O–H groups in total. The molecule has 2 nitrogen and oxygen atoms in total. The van der Waals surface area contributed by atoms with E-state index in [4.69, 9.17) is 4.74 Å². The quantitative estimate of drug-likeness (QED) is 0.913. The molecule has 0 aliphatic carbocycles. The van der Waals surface area contributed by atoms with E-state index in [9.17, 15) is 18.3 Å².